The summed E-state index contributed by atoms with van der Waals surface area (Å²) in [4.78, 5) is 31.3. The second kappa shape index (κ2) is 13.3. The number of nitrogens with one attached hydrogen (secondary N) is 1. The van der Waals surface area contributed by atoms with Crippen molar-refractivity contribution in [1.29, 1.82) is 0 Å². The number of hydrogen-bond donors (Lipinski definition) is 2. The highest BCUT2D eigenvalue weighted by Crippen LogP contribution is 2.46. The van der Waals surface area contributed by atoms with Crippen molar-refractivity contribution in [1.82, 2.24) is 10.3 Å². The fourth-order valence-electron chi connectivity index (χ4n) is 5.37. The summed E-state index contributed by atoms with van der Waals surface area (Å²) < 4.78 is 16.8. The lowest BCUT2D eigenvalue weighted by Crippen LogP contribution is -2.52. The average molecular weight is 615 g/mol. The lowest BCUT2D eigenvalue weighted by molar-refractivity contribution is -0.119. The van der Waals surface area contributed by atoms with Crippen molar-refractivity contribution >= 4 is 46.8 Å². The van der Waals surface area contributed by atoms with Gasteiger partial charge in [-0.25, -0.2) is 9.78 Å². The van der Waals surface area contributed by atoms with Crippen LogP contribution in [0.5, 0.6) is 5.88 Å². The van der Waals surface area contributed by atoms with Crippen LogP contribution in [0.25, 0.3) is 0 Å². The molecule has 0 bridgehead atoms. The highest BCUT2D eigenvalue weighted by atomic mass is 35.5. The van der Waals surface area contributed by atoms with E-state index in [2.05, 4.69) is 5.32 Å². The van der Waals surface area contributed by atoms with E-state index in [1.807, 2.05) is 53.2 Å². The van der Waals surface area contributed by atoms with Gasteiger partial charge in [0.1, 0.15) is 18.2 Å². The lowest BCUT2D eigenvalue weighted by Gasteiger charge is -2.40. The normalized spacial score (nSPS) is 20.1. The Morgan fingerprint density at radius 2 is 2.02 bits per heavy atom. The molecule has 216 valence electrons. The molecule has 8 nitrogen and oxygen atoms in total. The van der Waals surface area contributed by atoms with Gasteiger partial charge in [0, 0.05) is 24.5 Å². The second-order valence-corrected chi connectivity index (χ2v) is 12.3. The van der Waals surface area contributed by atoms with Gasteiger partial charge in [0.05, 0.1) is 22.2 Å². The second-order valence-electron chi connectivity index (χ2n) is 10.1. The van der Waals surface area contributed by atoms with Crippen LogP contribution in [0.2, 0.25) is 5.02 Å². The first-order chi connectivity index (χ1) is 19.9. The number of pyridine rings is 1. The molecule has 1 aliphatic carbocycles. The fourth-order valence-corrected chi connectivity index (χ4v) is 7.36. The maximum atomic E-state index is 14.0. The van der Waals surface area contributed by atoms with Gasteiger partial charge in [-0.15, -0.1) is 0 Å². The minimum absolute atomic E-state index is 0.267. The van der Waals surface area contributed by atoms with Crippen LogP contribution in [0.15, 0.2) is 74.7 Å². The van der Waals surface area contributed by atoms with Crippen LogP contribution >= 0.6 is 34.7 Å². The predicted molar refractivity (Wildman–Crippen MR) is 159 cm³/mol. The summed E-state index contributed by atoms with van der Waals surface area (Å²) in [7, 11) is 1.47. The van der Waals surface area contributed by atoms with Gasteiger partial charge in [-0.1, -0.05) is 54.4 Å². The first-order valence-corrected chi connectivity index (χ1v) is 15.5. The summed E-state index contributed by atoms with van der Waals surface area (Å²) in [5, 5.41) is 16.9. The molecular formula is C30H31ClN2O6S2. The molecule has 1 amide bonds. The van der Waals surface area contributed by atoms with Gasteiger partial charge < -0.3 is 24.6 Å². The van der Waals surface area contributed by atoms with Crippen LogP contribution in [-0.2, 0) is 19.8 Å². The van der Waals surface area contributed by atoms with Crippen molar-refractivity contribution in [3.05, 3.63) is 86.0 Å². The third-order valence-corrected chi connectivity index (χ3v) is 9.83. The molecule has 11 heteroatoms. The van der Waals surface area contributed by atoms with Crippen LogP contribution in [0.4, 0.5) is 4.79 Å². The van der Waals surface area contributed by atoms with Gasteiger partial charge in [-0.05, 0) is 64.9 Å². The number of amides is 1. The molecule has 0 radical (unpaired) electrons. The van der Waals surface area contributed by atoms with Crippen molar-refractivity contribution in [3.8, 4) is 5.88 Å². The van der Waals surface area contributed by atoms with Gasteiger partial charge in [0.15, 0.2) is 0 Å². The van der Waals surface area contributed by atoms with E-state index < -0.39 is 17.8 Å². The number of ether oxygens (including phenoxy) is 3. The van der Waals surface area contributed by atoms with Crippen LogP contribution in [-0.4, -0.2) is 48.6 Å². The molecule has 3 aromatic rings. The number of benzene rings is 1. The van der Waals surface area contributed by atoms with Crippen LogP contribution in [0.1, 0.15) is 43.4 Å². The Morgan fingerprint density at radius 3 is 2.73 bits per heavy atom. The molecule has 1 aliphatic heterocycles. The quantitative estimate of drug-likeness (QED) is 0.225. The number of aromatic nitrogens is 1. The van der Waals surface area contributed by atoms with E-state index in [-0.39, 0.29) is 18.9 Å². The number of rotatable bonds is 11. The minimum atomic E-state index is -1.42. The summed E-state index contributed by atoms with van der Waals surface area (Å²) in [6.07, 6.45) is 2.79. The van der Waals surface area contributed by atoms with Gasteiger partial charge >= 0.3 is 6.16 Å². The van der Waals surface area contributed by atoms with Crippen LogP contribution in [0, 0.1) is 5.92 Å². The topological polar surface area (TPSA) is 107 Å². The van der Waals surface area contributed by atoms with Crippen LogP contribution in [0.3, 0.4) is 0 Å². The van der Waals surface area contributed by atoms with Gasteiger partial charge in [-0.2, -0.15) is 11.3 Å². The number of hydrogen-bond acceptors (Lipinski definition) is 8. The molecule has 41 heavy (non-hydrogen) atoms. The summed E-state index contributed by atoms with van der Waals surface area (Å²) in [6.45, 7) is 0.328. The number of nitrogens with zero attached hydrogens (tertiary/aromatic N) is 1. The average Bonchev–Trinajstić information content (AvgIpc) is 3.70. The highest BCUT2D eigenvalue weighted by molar-refractivity contribution is 8.04. The molecule has 0 saturated heterocycles. The number of carbonyl (C=O) groups is 2. The fraction of sp³-hybridized carbons (Fsp3) is 0.367. The SMILES string of the molecule is COC(COC(=O)O)C1=C(Sc2ccccc2Cl)C(=O)NC(c2ccsc2)(c2cccc(OCC3CCCC3)n2)C1. The Balaban J connectivity index is 1.57. The molecule has 1 fully saturated rings. The number of halogens is 1. The Labute approximate surface area is 252 Å². The van der Waals surface area contributed by atoms with Crippen molar-refractivity contribution < 1.29 is 28.9 Å². The molecule has 0 spiro atoms. The van der Waals surface area contributed by atoms with Crippen molar-refractivity contribution in [2.75, 3.05) is 20.3 Å². The van der Waals surface area contributed by atoms with E-state index in [0.717, 1.165) is 18.4 Å². The molecule has 2 unspecified atom stereocenters. The van der Waals surface area contributed by atoms with E-state index >= 15 is 0 Å². The lowest BCUT2D eigenvalue weighted by atomic mass is 9.78. The van der Waals surface area contributed by atoms with E-state index in [4.69, 9.17) is 30.8 Å². The number of carboxylic acid groups (broad SMARTS) is 1. The van der Waals surface area contributed by atoms with E-state index in [1.165, 1.54) is 43.1 Å². The molecule has 3 heterocycles. The van der Waals surface area contributed by atoms with E-state index in [0.29, 0.717) is 44.5 Å². The van der Waals surface area contributed by atoms with Crippen molar-refractivity contribution in [3.63, 3.8) is 0 Å². The van der Waals surface area contributed by atoms with Crippen molar-refractivity contribution in [2.24, 2.45) is 5.92 Å². The summed E-state index contributed by atoms with van der Waals surface area (Å²) >= 11 is 9.18. The Bertz CT molecular complexity index is 1410. The first-order valence-electron chi connectivity index (χ1n) is 13.4. The summed E-state index contributed by atoms with van der Waals surface area (Å²) in [5.74, 6) is 0.674. The molecule has 1 aromatic carbocycles. The largest absolute Gasteiger partial charge is 0.505 e. The molecule has 2 aromatic heterocycles. The smallest absolute Gasteiger partial charge is 0.477 e. The summed E-state index contributed by atoms with van der Waals surface area (Å²) in [6, 6.07) is 14.8. The third kappa shape index (κ3) is 6.72. The highest BCUT2D eigenvalue weighted by Gasteiger charge is 2.46. The molecular weight excluding hydrogens is 584 g/mol. The van der Waals surface area contributed by atoms with Gasteiger partial charge in [0.2, 0.25) is 5.88 Å². The van der Waals surface area contributed by atoms with Crippen molar-refractivity contribution in [2.45, 2.75) is 48.6 Å². The zero-order valence-corrected chi connectivity index (χ0v) is 24.9. The zero-order valence-electron chi connectivity index (χ0n) is 22.5. The van der Waals surface area contributed by atoms with E-state index in [1.54, 1.807) is 6.07 Å². The van der Waals surface area contributed by atoms with Gasteiger partial charge in [-0.3, -0.25) is 4.79 Å². The Kier molecular flexibility index (Phi) is 9.54. The van der Waals surface area contributed by atoms with E-state index in [9.17, 15) is 14.7 Å². The number of thioether (sulfide) groups is 1. The molecule has 2 aliphatic rings. The number of carbonyl (C=O) groups excluding carboxylic acids is 1. The first kappa shape index (κ1) is 29.4. The molecule has 2 N–H and O–H groups in total. The predicted octanol–water partition coefficient (Wildman–Crippen LogP) is 6.89. The minimum Gasteiger partial charge on any atom is -0.477 e. The summed E-state index contributed by atoms with van der Waals surface area (Å²) in [5.41, 5.74) is 1.00. The van der Waals surface area contributed by atoms with Crippen LogP contribution < -0.4 is 10.1 Å². The number of thiophene rings is 1. The maximum Gasteiger partial charge on any atom is 0.505 e. The molecule has 1 saturated carbocycles. The monoisotopic (exact) mass is 614 g/mol. The third-order valence-electron chi connectivity index (χ3n) is 7.48. The zero-order chi connectivity index (χ0) is 28.8. The Hall–Kier alpha value is -3.05. The standard InChI is InChI=1S/C30H31ClN2O6S2/c1-37-23(17-39-29(35)36)21-15-30(20-13-14-40-18-20,33-28(34)27(21)41-24-10-5-4-9-22(24)31)25-11-6-12-26(32-25)38-16-19-7-2-3-8-19/h4-6,9-14,18-19,23H,2-3,7-8,15-17H2,1H3,(H,33,34)(H,35,36). The number of methoxy groups -OCH3 is 1. The molecule has 2 atom stereocenters. The Morgan fingerprint density at radius 1 is 1.22 bits per heavy atom. The van der Waals surface area contributed by atoms with Gasteiger partial charge in [0.25, 0.3) is 5.91 Å². The maximum absolute atomic E-state index is 14.0. The molecule has 5 rings (SSSR count).